The molecule has 1 aromatic carbocycles. The van der Waals surface area contributed by atoms with Crippen LogP contribution in [0.5, 0.6) is 5.75 Å². The van der Waals surface area contributed by atoms with Crippen LogP contribution in [-0.2, 0) is 0 Å². The molecule has 1 aliphatic heterocycles. The molecule has 3 rings (SSSR count). The molecule has 1 aromatic heterocycles. The van der Waals surface area contributed by atoms with Crippen LogP contribution in [0.1, 0.15) is 35.4 Å². The van der Waals surface area contributed by atoms with E-state index in [0.29, 0.717) is 17.1 Å². The predicted molar refractivity (Wildman–Crippen MR) is 92.8 cm³/mol. The second-order valence-electron chi connectivity index (χ2n) is 5.65. The topological polar surface area (TPSA) is 67.1 Å². The highest BCUT2D eigenvalue weighted by Crippen LogP contribution is 2.21. The summed E-state index contributed by atoms with van der Waals surface area (Å²) in [5.41, 5.74) is 3.00. The first-order valence-corrected chi connectivity index (χ1v) is 8.08. The van der Waals surface area contributed by atoms with Crippen LogP contribution in [0.25, 0.3) is 0 Å². The fourth-order valence-electron chi connectivity index (χ4n) is 2.66. The first kappa shape index (κ1) is 16.1. The van der Waals surface area contributed by atoms with Crippen molar-refractivity contribution in [2.45, 2.75) is 19.3 Å². The van der Waals surface area contributed by atoms with Crippen LogP contribution >= 0.6 is 0 Å². The van der Waals surface area contributed by atoms with Gasteiger partial charge in [-0.2, -0.15) is 5.10 Å². The number of ether oxygens (including phenoxy) is 1. The maximum atomic E-state index is 12.0. The van der Waals surface area contributed by atoms with Crippen molar-refractivity contribution in [1.29, 1.82) is 0 Å². The zero-order valence-electron chi connectivity index (χ0n) is 13.7. The number of hydrogen-bond acceptors (Lipinski definition) is 5. The van der Waals surface area contributed by atoms with E-state index in [1.165, 1.54) is 25.5 Å². The standard InChI is InChI=1S/C18H21N3O3/c1-23-15-7-5-14(6-8-15)18(22)20-19-13-16-9-10-17(24-16)21-11-3-2-4-12-21/h5-10,13H,2-4,11-12H2,1H3,(H,20,22)/b19-13-. The van der Waals surface area contributed by atoms with Gasteiger partial charge in [-0.1, -0.05) is 0 Å². The average Bonchev–Trinajstić information content (AvgIpc) is 3.11. The summed E-state index contributed by atoms with van der Waals surface area (Å²) < 4.78 is 10.8. The molecular formula is C18H21N3O3. The molecule has 0 radical (unpaired) electrons. The SMILES string of the molecule is COc1ccc(C(=O)N/N=C\c2ccc(N3CCCCC3)o2)cc1. The van der Waals surface area contributed by atoms with Crippen molar-refractivity contribution in [1.82, 2.24) is 5.43 Å². The van der Waals surface area contributed by atoms with Gasteiger partial charge in [-0.15, -0.1) is 0 Å². The van der Waals surface area contributed by atoms with Gasteiger partial charge in [0.25, 0.3) is 5.91 Å². The van der Waals surface area contributed by atoms with Crippen LogP contribution in [0.15, 0.2) is 45.9 Å². The molecule has 0 atom stereocenters. The zero-order chi connectivity index (χ0) is 16.8. The molecule has 6 heteroatoms. The minimum atomic E-state index is -0.281. The molecule has 0 unspecified atom stereocenters. The van der Waals surface area contributed by atoms with Crippen LogP contribution in [0.2, 0.25) is 0 Å². The molecule has 0 bridgehead atoms. The van der Waals surface area contributed by atoms with Crippen LogP contribution in [-0.4, -0.2) is 32.3 Å². The summed E-state index contributed by atoms with van der Waals surface area (Å²) in [6, 6.07) is 10.6. The van der Waals surface area contributed by atoms with Crippen molar-refractivity contribution in [2.75, 3.05) is 25.1 Å². The molecule has 0 spiro atoms. The molecule has 1 fully saturated rings. The van der Waals surface area contributed by atoms with Gasteiger partial charge < -0.3 is 14.1 Å². The second-order valence-corrected chi connectivity index (χ2v) is 5.65. The third-order valence-electron chi connectivity index (χ3n) is 3.99. The first-order chi connectivity index (χ1) is 11.8. The summed E-state index contributed by atoms with van der Waals surface area (Å²) in [6.45, 7) is 2.05. The maximum absolute atomic E-state index is 12.0. The number of benzene rings is 1. The lowest BCUT2D eigenvalue weighted by atomic mass is 10.1. The number of nitrogens with one attached hydrogen (secondary N) is 1. The third-order valence-corrected chi connectivity index (χ3v) is 3.99. The summed E-state index contributed by atoms with van der Waals surface area (Å²) >= 11 is 0. The number of nitrogens with zero attached hydrogens (tertiary/aromatic N) is 2. The van der Waals surface area contributed by atoms with E-state index in [1.807, 2.05) is 12.1 Å². The number of hydrazone groups is 1. The second kappa shape index (κ2) is 7.68. The summed E-state index contributed by atoms with van der Waals surface area (Å²) in [5.74, 6) is 1.90. The maximum Gasteiger partial charge on any atom is 0.271 e. The number of hydrogen-bond donors (Lipinski definition) is 1. The van der Waals surface area contributed by atoms with Gasteiger partial charge in [0.05, 0.1) is 13.3 Å². The molecule has 6 nitrogen and oxygen atoms in total. The summed E-state index contributed by atoms with van der Waals surface area (Å²) in [5, 5.41) is 3.95. The number of piperidine rings is 1. The zero-order valence-corrected chi connectivity index (χ0v) is 13.7. The Morgan fingerprint density at radius 3 is 2.62 bits per heavy atom. The van der Waals surface area contributed by atoms with E-state index in [1.54, 1.807) is 31.4 Å². The Hall–Kier alpha value is -2.76. The van der Waals surface area contributed by atoms with Gasteiger partial charge in [0, 0.05) is 24.7 Å². The predicted octanol–water partition coefficient (Wildman–Crippen LogP) is 3.04. The minimum absolute atomic E-state index is 0.281. The molecule has 1 amide bonds. The molecule has 2 heterocycles. The van der Waals surface area contributed by atoms with Crippen LogP contribution in [0.3, 0.4) is 0 Å². The van der Waals surface area contributed by atoms with E-state index in [4.69, 9.17) is 9.15 Å². The van der Waals surface area contributed by atoms with Crippen molar-refractivity contribution in [2.24, 2.45) is 5.10 Å². The van der Waals surface area contributed by atoms with Gasteiger partial charge >= 0.3 is 0 Å². The van der Waals surface area contributed by atoms with Crippen LogP contribution < -0.4 is 15.1 Å². The Balaban J connectivity index is 1.55. The van der Waals surface area contributed by atoms with E-state index in [9.17, 15) is 4.79 Å². The van der Waals surface area contributed by atoms with E-state index < -0.39 is 0 Å². The van der Waals surface area contributed by atoms with E-state index in [0.717, 1.165) is 19.0 Å². The lowest BCUT2D eigenvalue weighted by Crippen LogP contribution is -2.28. The van der Waals surface area contributed by atoms with E-state index in [2.05, 4.69) is 15.4 Å². The fraction of sp³-hybridized carbons (Fsp3) is 0.333. The Bertz CT molecular complexity index is 701. The number of furan rings is 1. The summed E-state index contributed by atoms with van der Waals surface area (Å²) in [6.07, 6.45) is 5.18. The third kappa shape index (κ3) is 3.95. The number of rotatable bonds is 5. The number of carbonyl (C=O) groups is 1. The number of amides is 1. The van der Waals surface area contributed by atoms with Gasteiger partial charge in [0.2, 0.25) is 0 Å². The number of carbonyl (C=O) groups excluding carboxylic acids is 1. The number of methoxy groups -OCH3 is 1. The molecule has 126 valence electrons. The van der Waals surface area contributed by atoms with Crippen molar-refractivity contribution in [3.05, 3.63) is 47.7 Å². The average molecular weight is 327 g/mol. The van der Waals surface area contributed by atoms with Crippen molar-refractivity contribution in [3.63, 3.8) is 0 Å². The first-order valence-electron chi connectivity index (χ1n) is 8.08. The Kier molecular flexibility index (Phi) is 5.15. The smallest absolute Gasteiger partial charge is 0.271 e. The lowest BCUT2D eigenvalue weighted by molar-refractivity contribution is 0.0955. The van der Waals surface area contributed by atoms with E-state index in [-0.39, 0.29) is 5.91 Å². The number of anilines is 1. The Labute approximate surface area is 141 Å². The summed E-state index contributed by atoms with van der Waals surface area (Å²) in [4.78, 5) is 14.2. The quantitative estimate of drug-likeness (QED) is 0.677. The largest absolute Gasteiger partial charge is 0.497 e. The summed E-state index contributed by atoms with van der Waals surface area (Å²) in [7, 11) is 1.58. The van der Waals surface area contributed by atoms with Crippen LogP contribution in [0.4, 0.5) is 5.88 Å². The Morgan fingerprint density at radius 1 is 1.17 bits per heavy atom. The highest BCUT2D eigenvalue weighted by atomic mass is 16.5. The fourth-order valence-corrected chi connectivity index (χ4v) is 2.66. The molecule has 1 aliphatic rings. The van der Waals surface area contributed by atoms with Crippen molar-refractivity contribution < 1.29 is 13.9 Å². The van der Waals surface area contributed by atoms with Gasteiger partial charge in [-0.05, 0) is 49.6 Å². The normalized spacial score (nSPS) is 14.8. The van der Waals surface area contributed by atoms with Gasteiger partial charge in [0.15, 0.2) is 5.88 Å². The lowest BCUT2D eigenvalue weighted by Gasteiger charge is -2.25. The molecule has 1 N–H and O–H groups in total. The van der Waals surface area contributed by atoms with Gasteiger partial charge in [-0.25, -0.2) is 5.43 Å². The molecule has 0 saturated carbocycles. The van der Waals surface area contributed by atoms with Gasteiger partial charge in [-0.3, -0.25) is 4.79 Å². The highest BCUT2D eigenvalue weighted by molar-refractivity contribution is 5.94. The van der Waals surface area contributed by atoms with Crippen molar-refractivity contribution >= 4 is 18.0 Å². The van der Waals surface area contributed by atoms with Crippen LogP contribution in [0, 0.1) is 0 Å². The molecule has 24 heavy (non-hydrogen) atoms. The monoisotopic (exact) mass is 327 g/mol. The van der Waals surface area contributed by atoms with Crippen molar-refractivity contribution in [3.8, 4) is 5.75 Å². The van der Waals surface area contributed by atoms with Gasteiger partial charge in [0.1, 0.15) is 11.5 Å². The molecule has 1 saturated heterocycles. The van der Waals surface area contributed by atoms with E-state index >= 15 is 0 Å². The molecular weight excluding hydrogens is 306 g/mol. The highest BCUT2D eigenvalue weighted by Gasteiger charge is 2.13. The Morgan fingerprint density at radius 2 is 1.92 bits per heavy atom. The minimum Gasteiger partial charge on any atom is -0.497 e. The molecule has 0 aliphatic carbocycles. The molecule has 2 aromatic rings.